The van der Waals surface area contributed by atoms with Crippen molar-refractivity contribution < 1.29 is 58.8 Å². The smallest absolute Gasteiger partial charge is 0.350 e. The van der Waals surface area contributed by atoms with Crippen molar-refractivity contribution in [2.24, 2.45) is 11.1 Å². The topological polar surface area (TPSA) is 295 Å². The van der Waals surface area contributed by atoms with Gasteiger partial charge in [0.2, 0.25) is 16.4 Å². The number of phenolic OH excluding ortho intramolecular Hbond substituents is 2. The number of hydrazine groups is 1. The number of thioether (sulfide) groups is 1. The first-order chi connectivity index (χ1) is 24.9. The first-order valence-corrected chi connectivity index (χ1v) is 17.8. The number of amides is 5. The highest BCUT2D eigenvalue weighted by Gasteiger charge is 2.66. The number of β-lactam (4-membered cyclic amide) rings is 1. The van der Waals surface area contributed by atoms with E-state index in [-0.39, 0.29) is 59.6 Å². The van der Waals surface area contributed by atoms with Crippen molar-refractivity contribution in [1.82, 2.24) is 30.5 Å². The van der Waals surface area contributed by atoms with Gasteiger partial charge >= 0.3 is 24.0 Å². The summed E-state index contributed by atoms with van der Waals surface area (Å²) in [6.45, 7) is 1.78. The number of nitrogens with zero attached hydrogens (tertiary/aromatic N) is 5. The number of thiazole rings is 1. The predicted octanol–water partition coefficient (Wildman–Crippen LogP) is 1.26. The molecule has 0 aliphatic carbocycles. The van der Waals surface area contributed by atoms with Gasteiger partial charge in [0.1, 0.15) is 5.69 Å². The van der Waals surface area contributed by atoms with Crippen molar-refractivity contribution in [3.8, 4) is 11.5 Å². The van der Waals surface area contributed by atoms with Crippen LogP contribution in [0.4, 0.5) is 14.7 Å². The van der Waals surface area contributed by atoms with E-state index in [9.17, 15) is 54.0 Å². The van der Waals surface area contributed by atoms with Gasteiger partial charge in [-0.3, -0.25) is 19.3 Å². The fraction of sp³-hybridized carbons (Fsp3) is 0.433. The Labute approximate surface area is 312 Å². The Balaban J connectivity index is 1.18. The number of carboxylic acid groups (broad SMARTS) is 2. The number of Topliss-reactive ketones (excluding diaryl/α,β-unsaturated/α-hetero) is 2. The summed E-state index contributed by atoms with van der Waals surface area (Å²) < 4.78 is 0. The summed E-state index contributed by atoms with van der Waals surface area (Å²) >= 11 is 7.70. The van der Waals surface area contributed by atoms with Crippen LogP contribution in [0.5, 0.6) is 11.5 Å². The largest absolute Gasteiger partial charge is 0.504 e. The van der Waals surface area contributed by atoms with E-state index in [1.54, 1.807) is 0 Å². The maximum Gasteiger partial charge on any atom is 0.350 e. The Morgan fingerprint density at radius 1 is 1.17 bits per heavy atom. The Morgan fingerprint density at radius 3 is 2.53 bits per heavy atom. The Bertz CT molecular complexity index is 1920. The second-order valence-electron chi connectivity index (χ2n) is 12.5. The molecule has 0 unspecified atom stereocenters. The van der Waals surface area contributed by atoms with E-state index in [0.717, 1.165) is 39.1 Å². The molecule has 1 aromatic carbocycles. The standard InChI is InChI=1S/C30H33ClN8O12S2/c1-29(2,24(45)46)51-36-20(15-11-52-26(32)34-15)18(42)10-14-22(44)37-12-30(25(47)48,53-23(14)37)38-8-9-39(28(38)50)35-27(49)33-7-3-4-16(40)13-5-6-17(41)21(43)19(13)31/h5-6,11,14,23,41,43H,3-4,7-10,12H2,1-2H3,(H2,32,34)(H,45,46)(H,47,48)(H2,33,35,49)/b36-20-/t14-,23-,30-/m1/s1. The number of ketones is 2. The number of phenols is 2. The van der Waals surface area contributed by atoms with Crippen LogP contribution >= 0.6 is 34.7 Å². The highest BCUT2D eigenvalue weighted by atomic mass is 35.5. The Morgan fingerprint density at radius 2 is 1.89 bits per heavy atom. The minimum atomic E-state index is -1.96. The quantitative estimate of drug-likeness (QED) is 0.0333. The van der Waals surface area contributed by atoms with Crippen LogP contribution < -0.4 is 16.5 Å². The number of urea groups is 2. The number of halogens is 1. The molecule has 2 aromatic rings. The number of nitrogens with two attached hydrogens (primary N) is 1. The fourth-order valence-corrected chi connectivity index (χ4v) is 8.08. The van der Waals surface area contributed by atoms with Crippen LogP contribution in [0.15, 0.2) is 22.7 Å². The number of nitrogen functional groups attached to an aromatic ring is 1. The maximum atomic E-state index is 13.5. The number of oxime groups is 1. The SMILES string of the molecule is CC(C)(O/N=C(\C(=O)C[C@@H]1C(=O)N2C[C@@](C(=O)O)(N3CCN(NC(=O)NCCCC(=O)c4ccc(O)c(O)c4Cl)C3=O)S[C@H]12)c1csc(N)n1)C(=O)O. The number of nitrogens with one attached hydrogen (secondary N) is 2. The highest BCUT2D eigenvalue weighted by molar-refractivity contribution is 8.02. The molecule has 0 bridgehead atoms. The van der Waals surface area contributed by atoms with E-state index in [2.05, 4.69) is 20.9 Å². The second kappa shape index (κ2) is 14.9. The molecule has 0 radical (unpaired) electrons. The number of carboxylic acids is 2. The van der Waals surface area contributed by atoms with Gasteiger partial charge in [-0.25, -0.2) is 34.6 Å². The van der Waals surface area contributed by atoms with E-state index in [0.29, 0.717) is 0 Å². The first kappa shape index (κ1) is 38.9. The van der Waals surface area contributed by atoms with Crippen molar-refractivity contribution >= 4 is 87.0 Å². The lowest BCUT2D eigenvalue weighted by molar-refractivity contribution is -0.161. The molecule has 0 saturated carbocycles. The number of hydrogen-bond acceptors (Lipinski definition) is 15. The molecule has 5 rings (SSSR count). The molecule has 8 N–H and O–H groups in total. The van der Waals surface area contributed by atoms with Crippen molar-refractivity contribution in [2.45, 2.75) is 49.0 Å². The lowest BCUT2D eigenvalue weighted by atomic mass is 9.90. The normalized spacial score (nSPS) is 21.3. The zero-order valence-electron chi connectivity index (χ0n) is 27.9. The number of carbonyl (C=O) groups excluding carboxylic acids is 5. The minimum Gasteiger partial charge on any atom is -0.504 e. The van der Waals surface area contributed by atoms with Gasteiger partial charge in [0.15, 0.2) is 33.9 Å². The summed E-state index contributed by atoms with van der Waals surface area (Å²) in [7, 11) is 0. The van der Waals surface area contributed by atoms with Crippen molar-refractivity contribution in [2.75, 3.05) is 31.9 Å². The molecule has 3 fully saturated rings. The summed E-state index contributed by atoms with van der Waals surface area (Å²) in [6, 6.07) is 0.698. The molecule has 4 heterocycles. The van der Waals surface area contributed by atoms with Crippen LogP contribution in [0, 0.1) is 5.92 Å². The number of carbonyl (C=O) groups is 7. The van der Waals surface area contributed by atoms with Crippen molar-refractivity contribution in [3.05, 3.63) is 33.8 Å². The van der Waals surface area contributed by atoms with E-state index in [1.807, 2.05) is 0 Å². The molecule has 5 amide bonds. The van der Waals surface area contributed by atoms with Gasteiger partial charge in [0.25, 0.3) is 0 Å². The van der Waals surface area contributed by atoms with E-state index in [4.69, 9.17) is 22.2 Å². The third-order valence-corrected chi connectivity index (χ3v) is 11.3. The Hall–Kier alpha value is -5.35. The van der Waals surface area contributed by atoms with E-state index >= 15 is 0 Å². The number of hydrogen-bond donors (Lipinski definition) is 7. The number of aromatic nitrogens is 1. The molecule has 23 heteroatoms. The lowest BCUT2D eigenvalue weighted by Crippen LogP contribution is -2.60. The molecule has 3 aliphatic rings. The number of aliphatic carboxylic acids is 2. The number of anilines is 1. The van der Waals surface area contributed by atoms with Crippen LogP contribution in [0.25, 0.3) is 0 Å². The third kappa shape index (κ3) is 7.60. The van der Waals surface area contributed by atoms with Crippen LogP contribution in [0.3, 0.4) is 0 Å². The molecule has 284 valence electrons. The third-order valence-electron chi connectivity index (χ3n) is 8.54. The lowest BCUT2D eigenvalue weighted by Gasteiger charge is -2.40. The molecule has 1 aromatic heterocycles. The van der Waals surface area contributed by atoms with Crippen LogP contribution in [-0.4, -0.2) is 129 Å². The van der Waals surface area contributed by atoms with E-state index < -0.39 is 87.7 Å². The molecular formula is C30H33ClN8O12S2. The van der Waals surface area contributed by atoms with Crippen LogP contribution in [-0.2, 0) is 24.0 Å². The van der Waals surface area contributed by atoms with Gasteiger partial charge in [0.05, 0.1) is 29.4 Å². The van der Waals surface area contributed by atoms with Crippen molar-refractivity contribution in [1.29, 1.82) is 0 Å². The average molecular weight is 797 g/mol. The summed E-state index contributed by atoms with van der Waals surface area (Å²) in [5.74, 6) is -6.67. The average Bonchev–Trinajstić information content (AvgIpc) is 3.80. The molecule has 20 nitrogen and oxygen atoms in total. The number of aromatic hydroxyl groups is 2. The second-order valence-corrected chi connectivity index (χ2v) is 15.2. The van der Waals surface area contributed by atoms with Crippen molar-refractivity contribution in [3.63, 3.8) is 0 Å². The zero-order valence-corrected chi connectivity index (χ0v) is 30.3. The number of rotatable bonds is 15. The van der Waals surface area contributed by atoms with Gasteiger partial charge in [0, 0.05) is 36.9 Å². The summed E-state index contributed by atoms with van der Waals surface area (Å²) in [6.07, 6.45) is -0.392. The molecule has 3 aliphatic heterocycles. The molecule has 3 saturated heterocycles. The summed E-state index contributed by atoms with van der Waals surface area (Å²) in [5.41, 5.74) is 5.84. The summed E-state index contributed by atoms with van der Waals surface area (Å²) in [4.78, 5) is 98.8. The van der Waals surface area contributed by atoms with Crippen LogP contribution in [0.1, 0.15) is 49.2 Å². The molecule has 53 heavy (non-hydrogen) atoms. The van der Waals surface area contributed by atoms with Gasteiger partial charge in [-0.15, -0.1) is 11.3 Å². The summed E-state index contributed by atoms with van der Waals surface area (Å²) in [5, 5.41) is 46.5. The minimum absolute atomic E-state index is 0.00537. The first-order valence-electron chi connectivity index (χ1n) is 15.7. The maximum absolute atomic E-state index is 13.5. The number of fused-ring (bicyclic) bond motifs is 1. The van der Waals surface area contributed by atoms with Gasteiger partial charge in [-0.1, -0.05) is 28.5 Å². The fourth-order valence-electron chi connectivity index (χ4n) is 5.57. The monoisotopic (exact) mass is 796 g/mol. The Kier molecular flexibility index (Phi) is 11.0. The number of benzene rings is 1. The molecule has 3 atom stereocenters. The zero-order chi connectivity index (χ0) is 39.0. The molecular weight excluding hydrogens is 764 g/mol. The van der Waals surface area contributed by atoms with Gasteiger partial charge in [-0.2, -0.15) is 0 Å². The highest BCUT2D eigenvalue weighted by Crippen LogP contribution is 2.53. The van der Waals surface area contributed by atoms with Crippen LogP contribution in [0.2, 0.25) is 5.02 Å². The van der Waals surface area contributed by atoms with Gasteiger partial charge < -0.3 is 41.2 Å². The predicted molar refractivity (Wildman–Crippen MR) is 186 cm³/mol. The molecule has 0 spiro atoms. The van der Waals surface area contributed by atoms with Gasteiger partial charge in [-0.05, 0) is 32.4 Å². The van der Waals surface area contributed by atoms with E-state index in [1.165, 1.54) is 30.2 Å².